The van der Waals surface area contributed by atoms with Crippen molar-refractivity contribution in [1.29, 1.82) is 5.26 Å². The molecule has 4 nitrogen and oxygen atoms in total. The van der Waals surface area contributed by atoms with Crippen LogP contribution in [0.15, 0.2) is 24.3 Å². The van der Waals surface area contributed by atoms with E-state index in [-0.39, 0.29) is 11.9 Å². The van der Waals surface area contributed by atoms with Gasteiger partial charge in [0.1, 0.15) is 12.1 Å². The summed E-state index contributed by atoms with van der Waals surface area (Å²) in [7, 11) is 1.79. The van der Waals surface area contributed by atoms with Gasteiger partial charge in [-0.15, -0.1) is 0 Å². The predicted molar refractivity (Wildman–Crippen MR) is 60.8 cm³/mol. The normalized spacial score (nSPS) is 19.6. The molecule has 0 radical (unpaired) electrons. The van der Waals surface area contributed by atoms with Crippen molar-refractivity contribution in [1.82, 2.24) is 4.90 Å². The van der Waals surface area contributed by atoms with Gasteiger partial charge in [-0.2, -0.15) is 5.26 Å². The highest BCUT2D eigenvalue weighted by Gasteiger charge is 2.29. The van der Waals surface area contributed by atoms with Crippen molar-refractivity contribution >= 4 is 11.6 Å². The van der Waals surface area contributed by atoms with E-state index in [1.54, 1.807) is 18.0 Å². The van der Waals surface area contributed by atoms with Crippen LogP contribution in [0.1, 0.15) is 12.0 Å². The van der Waals surface area contributed by atoms with E-state index in [9.17, 15) is 4.79 Å². The van der Waals surface area contributed by atoms with Crippen molar-refractivity contribution in [3.05, 3.63) is 29.8 Å². The molecule has 4 heteroatoms. The fourth-order valence-electron chi connectivity index (χ4n) is 1.85. The molecule has 1 saturated heterocycles. The van der Waals surface area contributed by atoms with E-state index in [4.69, 9.17) is 5.26 Å². The number of carbonyl (C=O) groups is 1. The maximum absolute atomic E-state index is 11.7. The smallest absolute Gasteiger partial charge is 0.244 e. The zero-order valence-electron chi connectivity index (χ0n) is 9.10. The molecule has 1 N–H and O–H groups in total. The van der Waals surface area contributed by atoms with Gasteiger partial charge < -0.3 is 10.2 Å². The molecule has 0 aliphatic carbocycles. The van der Waals surface area contributed by atoms with E-state index in [1.165, 1.54) is 0 Å². The van der Waals surface area contributed by atoms with Crippen LogP contribution in [0.3, 0.4) is 0 Å². The molecule has 16 heavy (non-hydrogen) atoms. The lowest BCUT2D eigenvalue weighted by atomic mass is 10.1. The molecule has 1 aliphatic rings. The lowest BCUT2D eigenvalue weighted by Crippen LogP contribution is -2.31. The average Bonchev–Trinajstić information content (AvgIpc) is 2.62. The maximum Gasteiger partial charge on any atom is 0.244 e. The number of rotatable bonds is 2. The van der Waals surface area contributed by atoms with Crippen molar-refractivity contribution in [2.75, 3.05) is 18.9 Å². The van der Waals surface area contributed by atoms with E-state index in [1.807, 2.05) is 18.2 Å². The first kappa shape index (κ1) is 10.5. The number of likely N-dealkylation sites (tertiary alicyclic amines) is 1. The molecule has 1 atom stereocenters. The number of nitrogens with zero attached hydrogens (tertiary/aromatic N) is 2. The number of nitriles is 1. The van der Waals surface area contributed by atoms with Gasteiger partial charge >= 0.3 is 0 Å². The molecular formula is C12H13N3O. The SMILES string of the molecule is CN1CCC(Nc2ccccc2C#N)C1=O. The molecular weight excluding hydrogens is 202 g/mol. The zero-order chi connectivity index (χ0) is 11.5. The van der Waals surface area contributed by atoms with E-state index in [0.717, 1.165) is 18.7 Å². The highest BCUT2D eigenvalue weighted by Crippen LogP contribution is 2.19. The Morgan fingerprint density at radius 2 is 2.25 bits per heavy atom. The van der Waals surface area contributed by atoms with Gasteiger partial charge in [-0.1, -0.05) is 12.1 Å². The minimum atomic E-state index is -0.195. The Morgan fingerprint density at radius 1 is 1.50 bits per heavy atom. The molecule has 1 aromatic carbocycles. The largest absolute Gasteiger partial charge is 0.373 e. The van der Waals surface area contributed by atoms with Crippen LogP contribution < -0.4 is 5.32 Å². The number of carbonyl (C=O) groups excluding carboxylic acids is 1. The molecule has 82 valence electrons. The summed E-state index contributed by atoms with van der Waals surface area (Å²) in [6, 6.07) is 9.14. The summed E-state index contributed by atoms with van der Waals surface area (Å²) in [5, 5.41) is 12.1. The van der Waals surface area contributed by atoms with Crippen LogP contribution in [-0.4, -0.2) is 30.4 Å². The lowest BCUT2D eigenvalue weighted by molar-refractivity contribution is -0.127. The fraction of sp³-hybridized carbons (Fsp3) is 0.333. The first-order valence-electron chi connectivity index (χ1n) is 5.23. The summed E-state index contributed by atoms with van der Waals surface area (Å²) >= 11 is 0. The third kappa shape index (κ3) is 1.84. The monoisotopic (exact) mass is 215 g/mol. The average molecular weight is 215 g/mol. The van der Waals surface area contributed by atoms with E-state index >= 15 is 0 Å². The second kappa shape index (κ2) is 4.23. The second-order valence-electron chi connectivity index (χ2n) is 3.90. The van der Waals surface area contributed by atoms with Gasteiger partial charge in [0.25, 0.3) is 0 Å². The first-order valence-corrected chi connectivity index (χ1v) is 5.23. The van der Waals surface area contributed by atoms with Crippen molar-refractivity contribution < 1.29 is 4.79 Å². The Hall–Kier alpha value is -2.02. The highest BCUT2D eigenvalue weighted by molar-refractivity contribution is 5.86. The minimum absolute atomic E-state index is 0.0905. The molecule has 1 heterocycles. The zero-order valence-corrected chi connectivity index (χ0v) is 9.10. The molecule has 0 aromatic heterocycles. The van der Waals surface area contributed by atoms with Gasteiger partial charge in [0, 0.05) is 13.6 Å². The Morgan fingerprint density at radius 3 is 2.88 bits per heavy atom. The number of anilines is 1. The summed E-state index contributed by atoms with van der Waals surface area (Å²) in [5.41, 5.74) is 1.31. The van der Waals surface area contributed by atoms with Crippen LogP contribution in [0.2, 0.25) is 0 Å². The Kier molecular flexibility index (Phi) is 2.78. The number of amides is 1. The lowest BCUT2D eigenvalue weighted by Gasteiger charge is -2.14. The third-order valence-electron chi connectivity index (χ3n) is 2.80. The van der Waals surface area contributed by atoms with Crippen LogP contribution in [0.4, 0.5) is 5.69 Å². The Labute approximate surface area is 94.5 Å². The molecule has 0 bridgehead atoms. The van der Waals surface area contributed by atoms with Crippen molar-refractivity contribution in [3.63, 3.8) is 0 Å². The van der Waals surface area contributed by atoms with Gasteiger partial charge in [0.15, 0.2) is 0 Å². The molecule has 1 aliphatic heterocycles. The number of benzene rings is 1. The van der Waals surface area contributed by atoms with Crippen molar-refractivity contribution in [2.24, 2.45) is 0 Å². The molecule has 1 aromatic rings. The molecule has 0 spiro atoms. The van der Waals surface area contributed by atoms with Crippen LogP contribution >= 0.6 is 0 Å². The summed E-state index contributed by atoms with van der Waals surface area (Å²) < 4.78 is 0. The van der Waals surface area contributed by atoms with Gasteiger partial charge in [-0.05, 0) is 18.6 Å². The first-order chi connectivity index (χ1) is 7.72. The quantitative estimate of drug-likeness (QED) is 0.806. The minimum Gasteiger partial charge on any atom is -0.373 e. The fourth-order valence-corrected chi connectivity index (χ4v) is 1.85. The van der Waals surface area contributed by atoms with E-state index in [2.05, 4.69) is 11.4 Å². The number of para-hydroxylation sites is 1. The summed E-state index contributed by atoms with van der Waals surface area (Å²) in [4.78, 5) is 13.4. The van der Waals surface area contributed by atoms with Gasteiger partial charge in [0.05, 0.1) is 11.3 Å². The third-order valence-corrected chi connectivity index (χ3v) is 2.80. The van der Waals surface area contributed by atoms with Gasteiger partial charge in [-0.25, -0.2) is 0 Å². The Balaban J connectivity index is 2.16. The summed E-state index contributed by atoms with van der Waals surface area (Å²) in [5.74, 6) is 0.0905. The molecule has 2 rings (SSSR count). The Bertz CT molecular complexity index is 450. The van der Waals surface area contributed by atoms with Crippen LogP contribution in [0.25, 0.3) is 0 Å². The second-order valence-corrected chi connectivity index (χ2v) is 3.90. The molecule has 1 amide bonds. The molecule has 1 fully saturated rings. The van der Waals surface area contributed by atoms with E-state index < -0.39 is 0 Å². The maximum atomic E-state index is 11.7. The van der Waals surface area contributed by atoms with Crippen molar-refractivity contribution in [3.8, 4) is 6.07 Å². The van der Waals surface area contributed by atoms with Crippen LogP contribution in [-0.2, 0) is 4.79 Å². The van der Waals surface area contributed by atoms with Gasteiger partial charge in [-0.3, -0.25) is 4.79 Å². The molecule has 1 unspecified atom stereocenters. The number of hydrogen-bond donors (Lipinski definition) is 1. The summed E-state index contributed by atoms with van der Waals surface area (Å²) in [6.45, 7) is 0.769. The summed E-state index contributed by atoms with van der Waals surface area (Å²) in [6.07, 6.45) is 0.787. The van der Waals surface area contributed by atoms with Gasteiger partial charge in [0.2, 0.25) is 5.91 Å². The van der Waals surface area contributed by atoms with Crippen molar-refractivity contribution in [2.45, 2.75) is 12.5 Å². The van der Waals surface area contributed by atoms with Crippen LogP contribution in [0, 0.1) is 11.3 Å². The number of likely N-dealkylation sites (N-methyl/N-ethyl adjacent to an activating group) is 1. The standard InChI is InChI=1S/C12H13N3O/c1-15-7-6-11(12(15)16)14-10-5-3-2-4-9(10)8-13/h2-5,11,14H,6-7H2,1H3. The topological polar surface area (TPSA) is 56.1 Å². The highest BCUT2D eigenvalue weighted by atomic mass is 16.2. The number of nitrogens with one attached hydrogen (secondary N) is 1. The van der Waals surface area contributed by atoms with Crippen LogP contribution in [0.5, 0.6) is 0 Å². The molecule has 0 saturated carbocycles. The number of hydrogen-bond acceptors (Lipinski definition) is 3. The van der Waals surface area contributed by atoms with E-state index in [0.29, 0.717) is 5.56 Å². The predicted octanol–water partition coefficient (Wildman–Crippen LogP) is 1.20.